The predicted octanol–water partition coefficient (Wildman–Crippen LogP) is 2.11. The highest BCUT2D eigenvalue weighted by Gasteiger charge is 2.47. The molecule has 2 atom stereocenters. The lowest BCUT2D eigenvalue weighted by atomic mass is 9.70. The Bertz CT molecular complexity index is 390. The zero-order valence-electron chi connectivity index (χ0n) is 13.4. The molecule has 1 aliphatic rings. The Kier molecular flexibility index (Phi) is 5.61. The maximum atomic E-state index is 12.1. The first-order valence-electron chi connectivity index (χ1n) is 7.42. The van der Waals surface area contributed by atoms with Gasteiger partial charge < -0.3 is 19.8 Å². The van der Waals surface area contributed by atoms with E-state index in [1.54, 1.807) is 27.7 Å². The normalized spacial score (nSPS) is 26.5. The van der Waals surface area contributed by atoms with Gasteiger partial charge in [0.15, 0.2) is 0 Å². The summed E-state index contributed by atoms with van der Waals surface area (Å²) >= 11 is 0. The average molecular weight is 301 g/mol. The van der Waals surface area contributed by atoms with Gasteiger partial charge in [-0.05, 0) is 52.9 Å². The molecular weight excluding hydrogens is 274 g/mol. The highest BCUT2D eigenvalue weighted by molar-refractivity contribution is 5.77. The van der Waals surface area contributed by atoms with E-state index in [4.69, 9.17) is 9.84 Å². The van der Waals surface area contributed by atoms with E-state index in [-0.39, 0.29) is 19.1 Å². The Morgan fingerprint density at radius 3 is 2.48 bits per heavy atom. The summed E-state index contributed by atoms with van der Waals surface area (Å²) in [5, 5.41) is 18.5. The van der Waals surface area contributed by atoms with E-state index < -0.39 is 23.1 Å². The van der Waals surface area contributed by atoms with Crippen molar-refractivity contribution in [3.8, 4) is 0 Å². The van der Waals surface area contributed by atoms with Crippen molar-refractivity contribution in [3.63, 3.8) is 0 Å². The molecule has 2 N–H and O–H groups in total. The van der Waals surface area contributed by atoms with Crippen molar-refractivity contribution in [1.29, 1.82) is 0 Å². The molecular formula is C15H27NO5. The molecule has 1 saturated heterocycles. The van der Waals surface area contributed by atoms with E-state index in [1.807, 2.05) is 0 Å². The van der Waals surface area contributed by atoms with Crippen LogP contribution in [0, 0.1) is 11.3 Å². The summed E-state index contributed by atoms with van der Waals surface area (Å²) in [5.41, 5.74) is -1.59. The molecule has 0 aromatic carbocycles. The van der Waals surface area contributed by atoms with Crippen molar-refractivity contribution in [3.05, 3.63) is 0 Å². The van der Waals surface area contributed by atoms with Gasteiger partial charge in [-0.15, -0.1) is 0 Å². The molecule has 0 aromatic rings. The number of carbonyl (C=O) groups excluding carboxylic acids is 1. The Morgan fingerprint density at radius 1 is 1.38 bits per heavy atom. The summed E-state index contributed by atoms with van der Waals surface area (Å²) < 4.78 is 5.32. The number of hydrogen-bond donors (Lipinski definition) is 2. The van der Waals surface area contributed by atoms with Gasteiger partial charge in [0.1, 0.15) is 5.60 Å². The number of carbonyl (C=O) groups is 2. The average Bonchev–Trinajstić information content (AvgIpc) is 2.35. The molecule has 6 heteroatoms. The molecule has 1 fully saturated rings. The van der Waals surface area contributed by atoms with Gasteiger partial charge in [0, 0.05) is 19.7 Å². The number of likely N-dealkylation sites (tertiary alicyclic amines) is 1. The number of hydrogen-bond acceptors (Lipinski definition) is 4. The third kappa shape index (κ3) is 4.59. The minimum Gasteiger partial charge on any atom is -0.481 e. The second-order valence-corrected chi connectivity index (χ2v) is 6.98. The van der Waals surface area contributed by atoms with Crippen LogP contribution in [0.2, 0.25) is 0 Å². The fourth-order valence-electron chi connectivity index (χ4n) is 2.76. The summed E-state index contributed by atoms with van der Waals surface area (Å²) in [4.78, 5) is 25.3. The van der Waals surface area contributed by atoms with Crippen molar-refractivity contribution in [2.75, 3.05) is 19.7 Å². The minimum absolute atomic E-state index is 0.0409. The van der Waals surface area contributed by atoms with E-state index in [2.05, 4.69) is 0 Å². The SMILES string of the molecule is CC(C)(C)OC(=O)N1CCC(CCCO)C(C)(C(=O)O)C1. The lowest BCUT2D eigenvalue weighted by molar-refractivity contribution is -0.155. The van der Waals surface area contributed by atoms with Gasteiger partial charge >= 0.3 is 12.1 Å². The van der Waals surface area contributed by atoms with E-state index in [0.29, 0.717) is 25.8 Å². The molecule has 21 heavy (non-hydrogen) atoms. The minimum atomic E-state index is -0.996. The largest absolute Gasteiger partial charge is 0.481 e. The summed E-state index contributed by atoms with van der Waals surface area (Å²) in [6, 6.07) is 0. The standard InChI is InChI=1S/C15H27NO5/c1-14(2,3)21-13(20)16-8-7-11(6-5-9-17)15(4,10-16)12(18)19/h11,17H,5-10H2,1-4H3,(H,18,19). The molecule has 2 unspecified atom stereocenters. The number of aliphatic carboxylic acids is 1. The number of nitrogens with zero attached hydrogens (tertiary/aromatic N) is 1. The number of piperidine rings is 1. The van der Waals surface area contributed by atoms with Crippen molar-refractivity contribution in [2.24, 2.45) is 11.3 Å². The molecule has 0 spiro atoms. The topological polar surface area (TPSA) is 87.1 Å². The van der Waals surface area contributed by atoms with Crippen LogP contribution in [0.15, 0.2) is 0 Å². The molecule has 1 aliphatic heterocycles. The quantitative estimate of drug-likeness (QED) is 0.830. The number of aliphatic hydroxyl groups is 1. The van der Waals surface area contributed by atoms with Crippen molar-refractivity contribution in [1.82, 2.24) is 4.90 Å². The lowest BCUT2D eigenvalue weighted by Gasteiger charge is -2.43. The lowest BCUT2D eigenvalue weighted by Crippen LogP contribution is -2.54. The zero-order chi connectivity index (χ0) is 16.3. The van der Waals surface area contributed by atoms with Crippen LogP contribution in [0.3, 0.4) is 0 Å². The van der Waals surface area contributed by atoms with Gasteiger partial charge in [0.25, 0.3) is 0 Å². The van der Waals surface area contributed by atoms with Crippen molar-refractivity contribution < 1.29 is 24.5 Å². The van der Waals surface area contributed by atoms with Gasteiger partial charge in [-0.2, -0.15) is 0 Å². The van der Waals surface area contributed by atoms with Crippen LogP contribution < -0.4 is 0 Å². The van der Waals surface area contributed by atoms with E-state index in [1.165, 1.54) is 4.90 Å². The summed E-state index contributed by atoms with van der Waals surface area (Å²) in [6.45, 7) is 7.73. The number of carboxylic acid groups (broad SMARTS) is 1. The van der Waals surface area contributed by atoms with Crippen LogP contribution in [0.5, 0.6) is 0 Å². The first-order chi connectivity index (χ1) is 9.60. The molecule has 1 amide bonds. The first kappa shape index (κ1) is 17.8. The molecule has 0 saturated carbocycles. The second-order valence-electron chi connectivity index (χ2n) is 6.98. The van der Waals surface area contributed by atoms with Gasteiger partial charge in [-0.25, -0.2) is 4.79 Å². The highest BCUT2D eigenvalue weighted by Crippen LogP contribution is 2.39. The number of amides is 1. The second kappa shape index (κ2) is 6.64. The maximum Gasteiger partial charge on any atom is 0.410 e. The number of rotatable bonds is 4. The summed E-state index contributed by atoms with van der Waals surface area (Å²) in [6.07, 6.45) is 1.39. The summed E-state index contributed by atoms with van der Waals surface area (Å²) in [5.74, 6) is -0.945. The van der Waals surface area contributed by atoms with Crippen molar-refractivity contribution >= 4 is 12.1 Å². The Hall–Kier alpha value is -1.30. The molecule has 1 rings (SSSR count). The number of ether oxygens (including phenoxy) is 1. The maximum absolute atomic E-state index is 12.1. The fourth-order valence-corrected chi connectivity index (χ4v) is 2.76. The van der Waals surface area contributed by atoms with Gasteiger partial charge in [0.2, 0.25) is 0 Å². The molecule has 0 aromatic heterocycles. The van der Waals surface area contributed by atoms with Gasteiger partial charge in [-0.3, -0.25) is 4.79 Å². The molecule has 1 heterocycles. The van der Waals surface area contributed by atoms with Crippen LogP contribution >= 0.6 is 0 Å². The van der Waals surface area contributed by atoms with Crippen molar-refractivity contribution in [2.45, 2.75) is 52.6 Å². The van der Waals surface area contributed by atoms with Gasteiger partial charge in [0.05, 0.1) is 5.41 Å². The molecule has 0 radical (unpaired) electrons. The third-order valence-electron chi connectivity index (χ3n) is 4.02. The van der Waals surface area contributed by atoms with Gasteiger partial charge in [-0.1, -0.05) is 0 Å². The van der Waals surface area contributed by atoms with E-state index in [0.717, 1.165) is 0 Å². The molecule has 0 aliphatic carbocycles. The third-order valence-corrected chi connectivity index (χ3v) is 4.02. The van der Waals surface area contributed by atoms with Crippen LogP contribution in [0.4, 0.5) is 4.79 Å². The zero-order valence-corrected chi connectivity index (χ0v) is 13.4. The smallest absolute Gasteiger partial charge is 0.410 e. The summed E-state index contributed by atoms with van der Waals surface area (Å²) in [7, 11) is 0. The molecule has 6 nitrogen and oxygen atoms in total. The fraction of sp³-hybridized carbons (Fsp3) is 0.867. The predicted molar refractivity (Wildman–Crippen MR) is 78.0 cm³/mol. The van der Waals surface area contributed by atoms with Crippen LogP contribution in [0.1, 0.15) is 47.0 Å². The first-order valence-corrected chi connectivity index (χ1v) is 7.42. The molecule has 0 bridgehead atoms. The molecule has 122 valence electrons. The highest BCUT2D eigenvalue weighted by atomic mass is 16.6. The number of aliphatic hydroxyl groups excluding tert-OH is 1. The Morgan fingerprint density at radius 2 is 2.00 bits per heavy atom. The Labute approximate surface area is 126 Å². The van der Waals surface area contributed by atoms with E-state index in [9.17, 15) is 14.7 Å². The Balaban J connectivity index is 2.80. The van der Waals surface area contributed by atoms with Crippen LogP contribution in [0.25, 0.3) is 0 Å². The van der Waals surface area contributed by atoms with E-state index >= 15 is 0 Å². The van der Waals surface area contributed by atoms with Crippen LogP contribution in [-0.2, 0) is 9.53 Å². The number of carboxylic acids is 1. The monoisotopic (exact) mass is 301 g/mol. The van der Waals surface area contributed by atoms with Crippen LogP contribution in [-0.4, -0.2) is 52.5 Å².